The van der Waals surface area contributed by atoms with Crippen molar-refractivity contribution in [2.75, 3.05) is 0 Å². The van der Waals surface area contributed by atoms with E-state index < -0.39 is 0 Å². The number of imidazole rings is 1. The second-order valence-electron chi connectivity index (χ2n) is 4.55. The molecule has 0 radical (unpaired) electrons. The molecular weight excluding hydrogens is 255 g/mol. The monoisotopic (exact) mass is 266 g/mol. The van der Waals surface area contributed by atoms with Gasteiger partial charge in [0.2, 0.25) is 0 Å². The van der Waals surface area contributed by atoms with E-state index in [1.165, 1.54) is 10.6 Å². The van der Waals surface area contributed by atoms with Crippen molar-refractivity contribution in [2.45, 2.75) is 25.4 Å². The maximum absolute atomic E-state index is 13.6. The molecule has 1 fully saturated rings. The molecule has 1 saturated carbocycles. The second-order valence-corrected chi connectivity index (χ2v) is 4.95. The third kappa shape index (κ3) is 1.97. The Morgan fingerprint density at radius 2 is 2.11 bits per heavy atom. The van der Waals surface area contributed by atoms with Crippen molar-refractivity contribution < 1.29 is 4.39 Å². The lowest BCUT2D eigenvalue weighted by atomic mass is 10.2. The number of benzene rings is 1. The first-order valence-electron chi connectivity index (χ1n) is 5.87. The molecule has 3 nitrogen and oxygen atoms in total. The molecule has 0 aliphatic heterocycles. The van der Waals surface area contributed by atoms with Gasteiger partial charge in [0.15, 0.2) is 0 Å². The Bertz CT molecular complexity index is 622. The van der Waals surface area contributed by atoms with Gasteiger partial charge in [0.25, 0.3) is 0 Å². The van der Waals surface area contributed by atoms with Crippen molar-refractivity contribution in [3.63, 3.8) is 0 Å². The largest absolute Gasteiger partial charge is 0.328 e. The summed E-state index contributed by atoms with van der Waals surface area (Å²) >= 11 is 5.95. The molecule has 0 amide bonds. The average molecular weight is 267 g/mol. The van der Waals surface area contributed by atoms with E-state index in [4.69, 9.17) is 11.6 Å². The fraction of sp³-hybridized carbons (Fsp3) is 0.308. The van der Waals surface area contributed by atoms with Gasteiger partial charge in [-0.1, -0.05) is 17.7 Å². The van der Waals surface area contributed by atoms with Crippen LogP contribution in [0.4, 0.5) is 4.39 Å². The molecule has 0 atom stereocenters. The molecule has 2 aromatic rings. The van der Waals surface area contributed by atoms with Gasteiger partial charge in [0, 0.05) is 29.0 Å². The fourth-order valence-corrected chi connectivity index (χ4v) is 2.26. The van der Waals surface area contributed by atoms with Gasteiger partial charge in [-0.2, -0.15) is 0 Å². The van der Waals surface area contributed by atoms with Crippen LogP contribution in [-0.2, 0) is 6.54 Å². The first kappa shape index (κ1) is 11.5. The lowest BCUT2D eigenvalue weighted by molar-refractivity contribution is 0.590. The summed E-state index contributed by atoms with van der Waals surface area (Å²) in [6.45, 7) is 0.171. The van der Waals surface area contributed by atoms with E-state index in [1.54, 1.807) is 29.1 Å². The van der Waals surface area contributed by atoms with Crippen molar-refractivity contribution >= 4 is 11.6 Å². The predicted octanol–water partition coefficient (Wildman–Crippen LogP) is 2.83. The zero-order valence-corrected chi connectivity index (χ0v) is 10.4. The number of nitrogens with zero attached hydrogens (tertiary/aromatic N) is 2. The van der Waals surface area contributed by atoms with E-state index in [0.717, 1.165) is 12.8 Å². The third-order valence-electron chi connectivity index (χ3n) is 3.20. The highest BCUT2D eigenvalue weighted by molar-refractivity contribution is 6.31. The minimum atomic E-state index is -0.381. The molecule has 1 aromatic heterocycles. The molecule has 0 bridgehead atoms. The topological polar surface area (TPSA) is 26.9 Å². The SMILES string of the molecule is O=c1n(Cc2c(F)cccc2Cl)ccn1C1CC1. The van der Waals surface area contributed by atoms with Crippen LogP contribution in [-0.4, -0.2) is 9.13 Å². The van der Waals surface area contributed by atoms with Crippen LogP contribution in [0.15, 0.2) is 35.4 Å². The summed E-state index contributed by atoms with van der Waals surface area (Å²) in [5, 5.41) is 0.348. The maximum atomic E-state index is 13.6. The van der Waals surface area contributed by atoms with E-state index in [9.17, 15) is 9.18 Å². The van der Waals surface area contributed by atoms with Crippen LogP contribution in [0.2, 0.25) is 5.02 Å². The molecule has 1 aliphatic carbocycles. The van der Waals surface area contributed by atoms with Gasteiger partial charge < -0.3 is 0 Å². The second kappa shape index (κ2) is 4.28. The Hall–Kier alpha value is -1.55. The Kier molecular flexibility index (Phi) is 2.74. The van der Waals surface area contributed by atoms with Crippen molar-refractivity contribution in [2.24, 2.45) is 0 Å². The zero-order valence-electron chi connectivity index (χ0n) is 9.64. The van der Waals surface area contributed by atoms with Crippen molar-refractivity contribution in [3.05, 3.63) is 57.5 Å². The van der Waals surface area contributed by atoms with E-state index in [2.05, 4.69) is 0 Å². The van der Waals surface area contributed by atoms with Gasteiger partial charge in [-0.05, 0) is 25.0 Å². The van der Waals surface area contributed by atoms with Crippen LogP contribution in [0.3, 0.4) is 0 Å². The number of hydrogen-bond donors (Lipinski definition) is 0. The summed E-state index contributed by atoms with van der Waals surface area (Å²) in [4.78, 5) is 12.0. The number of halogens is 2. The quantitative estimate of drug-likeness (QED) is 0.839. The highest BCUT2D eigenvalue weighted by Gasteiger charge is 2.25. The lowest BCUT2D eigenvalue weighted by Gasteiger charge is -2.06. The molecule has 5 heteroatoms. The number of aromatic nitrogens is 2. The van der Waals surface area contributed by atoms with E-state index in [-0.39, 0.29) is 18.1 Å². The summed E-state index contributed by atoms with van der Waals surface area (Å²) < 4.78 is 16.8. The summed E-state index contributed by atoms with van der Waals surface area (Å²) in [6.07, 6.45) is 5.53. The highest BCUT2D eigenvalue weighted by Crippen LogP contribution is 2.33. The smallest absolute Gasteiger partial charge is 0.296 e. The first-order valence-corrected chi connectivity index (χ1v) is 6.25. The van der Waals surface area contributed by atoms with Crippen LogP contribution >= 0.6 is 11.6 Å². The van der Waals surface area contributed by atoms with Gasteiger partial charge >= 0.3 is 5.69 Å². The standard InChI is InChI=1S/C13H12ClFN2O/c14-11-2-1-3-12(15)10(11)8-16-6-7-17(13(16)18)9-4-5-9/h1-3,6-7,9H,4-5,8H2. The first-order chi connectivity index (χ1) is 8.66. The summed E-state index contributed by atoms with van der Waals surface area (Å²) in [6, 6.07) is 4.86. The molecule has 0 N–H and O–H groups in total. The number of rotatable bonds is 3. The van der Waals surface area contributed by atoms with Gasteiger partial charge in [-0.25, -0.2) is 9.18 Å². The molecule has 18 heavy (non-hydrogen) atoms. The van der Waals surface area contributed by atoms with Gasteiger partial charge in [0.1, 0.15) is 5.82 Å². The maximum Gasteiger partial charge on any atom is 0.328 e. The molecule has 94 valence electrons. The summed E-state index contributed by atoms with van der Waals surface area (Å²) in [5.74, 6) is -0.381. The molecule has 0 saturated heterocycles. The zero-order chi connectivity index (χ0) is 12.7. The summed E-state index contributed by atoms with van der Waals surface area (Å²) in [7, 11) is 0. The average Bonchev–Trinajstić information content (AvgIpc) is 3.11. The Morgan fingerprint density at radius 1 is 1.33 bits per heavy atom. The van der Waals surface area contributed by atoms with Crippen molar-refractivity contribution in [3.8, 4) is 0 Å². The van der Waals surface area contributed by atoms with Crippen molar-refractivity contribution in [1.29, 1.82) is 0 Å². The van der Waals surface area contributed by atoms with Crippen LogP contribution in [0, 0.1) is 5.82 Å². The molecule has 3 rings (SSSR count). The lowest BCUT2D eigenvalue weighted by Crippen LogP contribution is -2.24. The van der Waals surface area contributed by atoms with E-state index in [0.29, 0.717) is 16.6 Å². The van der Waals surface area contributed by atoms with E-state index in [1.807, 2.05) is 0 Å². The fourth-order valence-electron chi connectivity index (χ4n) is 2.03. The normalized spacial score (nSPS) is 15.0. The van der Waals surface area contributed by atoms with Crippen LogP contribution in [0.5, 0.6) is 0 Å². The Morgan fingerprint density at radius 3 is 2.78 bits per heavy atom. The summed E-state index contributed by atoms with van der Waals surface area (Å²) in [5.41, 5.74) is 0.256. The van der Waals surface area contributed by atoms with Crippen LogP contribution in [0.1, 0.15) is 24.4 Å². The molecule has 1 aliphatic rings. The van der Waals surface area contributed by atoms with Gasteiger partial charge in [-0.15, -0.1) is 0 Å². The molecule has 1 aromatic carbocycles. The molecule has 1 heterocycles. The minimum absolute atomic E-state index is 0.100. The van der Waals surface area contributed by atoms with Gasteiger partial charge in [-0.3, -0.25) is 9.13 Å². The highest BCUT2D eigenvalue weighted by atomic mass is 35.5. The molecule has 0 spiro atoms. The Labute approximate surface area is 108 Å². The van der Waals surface area contributed by atoms with E-state index >= 15 is 0 Å². The minimum Gasteiger partial charge on any atom is -0.296 e. The predicted molar refractivity (Wildman–Crippen MR) is 67.5 cm³/mol. The molecule has 0 unspecified atom stereocenters. The van der Waals surface area contributed by atoms with Gasteiger partial charge in [0.05, 0.1) is 6.54 Å². The molecular formula is C13H12ClFN2O. The number of hydrogen-bond acceptors (Lipinski definition) is 1. The van der Waals surface area contributed by atoms with Crippen LogP contribution < -0.4 is 5.69 Å². The third-order valence-corrected chi connectivity index (χ3v) is 3.56. The Balaban J connectivity index is 1.95. The van der Waals surface area contributed by atoms with Crippen LogP contribution in [0.25, 0.3) is 0 Å². The van der Waals surface area contributed by atoms with Crippen molar-refractivity contribution in [1.82, 2.24) is 9.13 Å².